The van der Waals surface area contributed by atoms with E-state index in [1.54, 1.807) is 24.3 Å². The third kappa shape index (κ3) is 5.74. The molecule has 1 N–H and O–H groups in total. The quantitative estimate of drug-likeness (QED) is 0.373. The zero-order chi connectivity index (χ0) is 23.4. The molecule has 1 aromatic heterocycles. The minimum Gasteiger partial charge on any atom is -0.356 e. The van der Waals surface area contributed by atoms with E-state index in [1.165, 1.54) is 24.3 Å². The first-order chi connectivity index (χ1) is 15.8. The third-order valence-electron chi connectivity index (χ3n) is 5.22. The lowest BCUT2D eigenvalue weighted by molar-refractivity contribution is 0.320. The summed E-state index contributed by atoms with van der Waals surface area (Å²) in [6.07, 6.45) is 1.52. The molecule has 0 aliphatic carbocycles. The average Bonchev–Trinajstić information content (AvgIpc) is 3.16. The lowest BCUT2D eigenvalue weighted by Crippen LogP contribution is -2.20. The van der Waals surface area contributed by atoms with Crippen molar-refractivity contribution in [1.82, 2.24) is 10.1 Å². The number of rotatable bonds is 9. The molecular formula is C24H23F2N3O3S. The van der Waals surface area contributed by atoms with E-state index in [1.807, 2.05) is 13.1 Å². The van der Waals surface area contributed by atoms with E-state index in [2.05, 4.69) is 14.8 Å². The molecule has 0 unspecified atom stereocenters. The number of anilines is 1. The van der Waals surface area contributed by atoms with Gasteiger partial charge in [-0.2, -0.15) is 0 Å². The van der Waals surface area contributed by atoms with Gasteiger partial charge in [0.05, 0.1) is 10.6 Å². The number of benzene rings is 3. The van der Waals surface area contributed by atoms with Gasteiger partial charge in [-0.1, -0.05) is 17.3 Å². The fourth-order valence-electron chi connectivity index (χ4n) is 3.61. The Balaban J connectivity index is 1.33. The van der Waals surface area contributed by atoms with Crippen molar-refractivity contribution in [2.45, 2.75) is 24.3 Å². The number of nitrogens with zero attached hydrogens (tertiary/aromatic N) is 2. The first kappa shape index (κ1) is 22.9. The molecule has 0 aliphatic heterocycles. The summed E-state index contributed by atoms with van der Waals surface area (Å²) in [4.78, 5) is 2.12. The second kappa shape index (κ2) is 9.68. The fourth-order valence-corrected chi connectivity index (χ4v) is 4.66. The average molecular weight is 472 g/mol. The molecule has 0 atom stereocenters. The van der Waals surface area contributed by atoms with Crippen molar-refractivity contribution in [3.05, 3.63) is 89.6 Å². The number of fused-ring (bicyclic) bond motifs is 1. The van der Waals surface area contributed by atoms with Crippen molar-refractivity contribution in [3.63, 3.8) is 0 Å². The molecule has 4 aromatic rings. The molecule has 0 amide bonds. The van der Waals surface area contributed by atoms with E-state index in [0.29, 0.717) is 24.2 Å². The van der Waals surface area contributed by atoms with E-state index in [0.717, 1.165) is 41.7 Å². The Bertz CT molecular complexity index is 1360. The number of nitrogens with one attached hydrogen (secondary N) is 1. The summed E-state index contributed by atoms with van der Waals surface area (Å²) in [7, 11) is -1.83. The summed E-state index contributed by atoms with van der Waals surface area (Å²) in [5.74, 6) is -0.850. The summed E-state index contributed by atoms with van der Waals surface area (Å²) in [6, 6.07) is 16.2. The molecule has 0 fully saturated rings. The molecule has 0 spiro atoms. The fraction of sp³-hybridized carbons (Fsp3) is 0.208. The molecule has 3 aromatic carbocycles. The largest absolute Gasteiger partial charge is 0.356 e. The van der Waals surface area contributed by atoms with Gasteiger partial charge in [0.15, 0.2) is 5.58 Å². The number of halogens is 2. The Hall–Kier alpha value is -3.30. The summed E-state index contributed by atoms with van der Waals surface area (Å²) < 4.78 is 59.2. The predicted molar refractivity (Wildman–Crippen MR) is 122 cm³/mol. The lowest BCUT2D eigenvalue weighted by atomic mass is 10.1. The summed E-state index contributed by atoms with van der Waals surface area (Å²) in [5, 5.41) is 4.87. The first-order valence-corrected chi connectivity index (χ1v) is 11.9. The Morgan fingerprint density at radius 3 is 2.55 bits per heavy atom. The highest BCUT2D eigenvalue weighted by Crippen LogP contribution is 2.21. The molecule has 0 aliphatic rings. The second-order valence-electron chi connectivity index (χ2n) is 7.87. The molecular weight excluding hydrogens is 448 g/mol. The van der Waals surface area contributed by atoms with Gasteiger partial charge in [-0.15, -0.1) is 0 Å². The van der Waals surface area contributed by atoms with Crippen LogP contribution in [-0.2, 0) is 23.0 Å². The van der Waals surface area contributed by atoms with Crippen LogP contribution in [0.4, 0.5) is 14.5 Å². The van der Waals surface area contributed by atoms with Crippen molar-refractivity contribution in [2.24, 2.45) is 0 Å². The maximum atomic E-state index is 13.3. The molecule has 9 heteroatoms. The zero-order valence-electron chi connectivity index (χ0n) is 18.0. The van der Waals surface area contributed by atoms with Gasteiger partial charge in [0, 0.05) is 23.7 Å². The third-order valence-corrected chi connectivity index (χ3v) is 6.61. The van der Waals surface area contributed by atoms with Gasteiger partial charge in [0.1, 0.15) is 11.6 Å². The SMILES string of the molecule is CN(CCCc1noc2cc(F)ccc12)Cc1cccc(NS(=O)(=O)c2ccc(F)cc2)c1. The molecule has 0 saturated carbocycles. The van der Waals surface area contributed by atoms with Crippen LogP contribution in [0.2, 0.25) is 0 Å². The monoisotopic (exact) mass is 471 g/mol. The highest BCUT2D eigenvalue weighted by atomic mass is 32.2. The van der Waals surface area contributed by atoms with E-state index in [4.69, 9.17) is 4.52 Å². The molecule has 6 nitrogen and oxygen atoms in total. The van der Waals surface area contributed by atoms with Crippen LogP contribution in [0, 0.1) is 11.6 Å². The first-order valence-electron chi connectivity index (χ1n) is 10.4. The van der Waals surface area contributed by atoms with Gasteiger partial charge in [-0.25, -0.2) is 17.2 Å². The second-order valence-corrected chi connectivity index (χ2v) is 9.55. The maximum absolute atomic E-state index is 13.3. The smallest absolute Gasteiger partial charge is 0.261 e. The Kier molecular flexibility index (Phi) is 6.71. The van der Waals surface area contributed by atoms with E-state index < -0.39 is 15.8 Å². The summed E-state index contributed by atoms with van der Waals surface area (Å²) >= 11 is 0. The van der Waals surface area contributed by atoms with Crippen LogP contribution in [0.1, 0.15) is 17.7 Å². The Labute approximate surface area is 190 Å². The minimum atomic E-state index is -3.80. The predicted octanol–water partition coefficient (Wildman–Crippen LogP) is 4.97. The zero-order valence-corrected chi connectivity index (χ0v) is 18.8. The Morgan fingerprint density at radius 2 is 1.76 bits per heavy atom. The Morgan fingerprint density at radius 1 is 1.00 bits per heavy atom. The van der Waals surface area contributed by atoms with Crippen LogP contribution in [0.3, 0.4) is 0 Å². The highest BCUT2D eigenvalue weighted by Gasteiger charge is 2.15. The summed E-state index contributed by atoms with van der Waals surface area (Å²) in [6.45, 7) is 1.40. The van der Waals surface area contributed by atoms with Crippen molar-refractivity contribution < 1.29 is 21.7 Å². The lowest BCUT2D eigenvalue weighted by Gasteiger charge is -2.17. The van der Waals surface area contributed by atoms with Gasteiger partial charge in [0.25, 0.3) is 10.0 Å². The normalized spacial score (nSPS) is 11.9. The van der Waals surface area contributed by atoms with Crippen LogP contribution in [0.15, 0.2) is 76.1 Å². The van der Waals surface area contributed by atoms with Crippen molar-refractivity contribution in [2.75, 3.05) is 18.3 Å². The van der Waals surface area contributed by atoms with Crippen LogP contribution in [0.5, 0.6) is 0 Å². The number of sulfonamides is 1. The van der Waals surface area contributed by atoms with Gasteiger partial charge >= 0.3 is 0 Å². The topological polar surface area (TPSA) is 75.4 Å². The van der Waals surface area contributed by atoms with Crippen LogP contribution in [-0.4, -0.2) is 32.1 Å². The minimum absolute atomic E-state index is 0.00506. The van der Waals surface area contributed by atoms with Gasteiger partial charge in [-0.05, 0) is 80.5 Å². The molecule has 4 rings (SSSR count). The van der Waals surface area contributed by atoms with Crippen molar-refractivity contribution in [1.29, 1.82) is 0 Å². The number of aryl methyl sites for hydroxylation is 1. The van der Waals surface area contributed by atoms with E-state index >= 15 is 0 Å². The van der Waals surface area contributed by atoms with Crippen LogP contribution < -0.4 is 4.72 Å². The van der Waals surface area contributed by atoms with Gasteiger partial charge in [-0.3, -0.25) is 4.72 Å². The van der Waals surface area contributed by atoms with E-state index in [9.17, 15) is 17.2 Å². The van der Waals surface area contributed by atoms with Crippen LogP contribution >= 0.6 is 0 Å². The molecule has 0 bridgehead atoms. The standard InChI is InChI=1S/C24H23F2N3O3S/c1-29(13-3-6-23-22-12-9-19(26)15-24(22)32-27-23)16-17-4-2-5-20(14-17)28-33(30,31)21-10-7-18(25)8-11-21/h2,4-5,7-12,14-15,28H,3,6,13,16H2,1H3. The number of hydrogen-bond donors (Lipinski definition) is 1. The van der Waals surface area contributed by atoms with Crippen molar-refractivity contribution in [3.8, 4) is 0 Å². The number of hydrogen-bond acceptors (Lipinski definition) is 5. The van der Waals surface area contributed by atoms with Crippen molar-refractivity contribution >= 4 is 26.7 Å². The molecule has 172 valence electrons. The summed E-state index contributed by atoms with van der Waals surface area (Å²) in [5.41, 5.74) is 2.62. The van der Waals surface area contributed by atoms with E-state index in [-0.39, 0.29) is 10.7 Å². The molecule has 0 saturated heterocycles. The molecule has 33 heavy (non-hydrogen) atoms. The van der Waals surface area contributed by atoms with Gasteiger partial charge in [0.2, 0.25) is 0 Å². The number of aromatic nitrogens is 1. The maximum Gasteiger partial charge on any atom is 0.261 e. The van der Waals surface area contributed by atoms with Crippen LogP contribution in [0.25, 0.3) is 11.0 Å². The highest BCUT2D eigenvalue weighted by molar-refractivity contribution is 7.92. The molecule has 1 heterocycles. The molecule has 0 radical (unpaired) electrons. The van der Waals surface area contributed by atoms with Gasteiger partial charge < -0.3 is 9.42 Å².